The van der Waals surface area contributed by atoms with Crippen molar-refractivity contribution in [2.45, 2.75) is 64.6 Å². The number of piperidine rings is 1. The number of likely N-dealkylation sites (tertiary alicyclic amines) is 1. The van der Waals surface area contributed by atoms with E-state index in [1.165, 1.54) is 0 Å². The summed E-state index contributed by atoms with van der Waals surface area (Å²) in [5, 5.41) is 12.8. The maximum atomic E-state index is 13.2. The number of aliphatic hydroxyl groups is 1. The van der Waals surface area contributed by atoms with Gasteiger partial charge >= 0.3 is 5.63 Å². The molecule has 1 aromatic heterocycles. The number of hydrogen-bond acceptors (Lipinski definition) is 5. The van der Waals surface area contributed by atoms with Crippen molar-refractivity contribution >= 4 is 40.1 Å². The first-order chi connectivity index (χ1) is 17.7. The molecule has 1 aliphatic carbocycles. The van der Waals surface area contributed by atoms with E-state index >= 15 is 0 Å². The van der Waals surface area contributed by atoms with Crippen molar-refractivity contribution in [2.75, 3.05) is 13.1 Å². The third kappa shape index (κ3) is 5.12. The van der Waals surface area contributed by atoms with Crippen molar-refractivity contribution in [1.29, 1.82) is 0 Å². The summed E-state index contributed by atoms with van der Waals surface area (Å²) in [6.07, 6.45) is 4.45. The topological polar surface area (TPSA) is 80.0 Å². The van der Waals surface area contributed by atoms with Crippen molar-refractivity contribution < 1.29 is 19.1 Å². The molecule has 0 spiro atoms. The van der Waals surface area contributed by atoms with Crippen LogP contribution in [0.2, 0.25) is 10.0 Å². The summed E-state index contributed by atoms with van der Waals surface area (Å²) < 4.78 is 11.7. The number of halogens is 2. The Balaban J connectivity index is 1.35. The Morgan fingerprint density at radius 3 is 2.76 bits per heavy atom. The van der Waals surface area contributed by atoms with Gasteiger partial charge in [-0.3, -0.25) is 4.79 Å². The first-order valence-corrected chi connectivity index (χ1v) is 13.5. The average Bonchev–Trinajstić information content (AvgIpc) is 2.86. The molecule has 8 heteroatoms. The summed E-state index contributed by atoms with van der Waals surface area (Å²) in [6, 6.07) is 8.93. The Labute approximate surface area is 226 Å². The molecular weight excluding hydrogens is 513 g/mol. The van der Waals surface area contributed by atoms with Crippen LogP contribution in [0, 0.1) is 19.8 Å². The van der Waals surface area contributed by atoms with Crippen LogP contribution in [0.1, 0.15) is 54.4 Å². The number of ether oxygens (including phenoxy) is 1. The van der Waals surface area contributed by atoms with Gasteiger partial charge in [0.2, 0.25) is 5.91 Å². The van der Waals surface area contributed by atoms with E-state index in [2.05, 4.69) is 0 Å². The van der Waals surface area contributed by atoms with E-state index in [0.717, 1.165) is 42.2 Å². The first-order valence-electron chi connectivity index (χ1n) is 12.8. The monoisotopic (exact) mass is 543 g/mol. The van der Waals surface area contributed by atoms with Gasteiger partial charge in [0.05, 0.1) is 17.6 Å². The third-order valence-corrected chi connectivity index (χ3v) is 8.75. The van der Waals surface area contributed by atoms with Gasteiger partial charge in [-0.15, -0.1) is 0 Å². The van der Waals surface area contributed by atoms with Gasteiger partial charge in [-0.2, -0.15) is 0 Å². The van der Waals surface area contributed by atoms with E-state index in [0.29, 0.717) is 52.0 Å². The maximum absolute atomic E-state index is 13.2. The van der Waals surface area contributed by atoms with Crippen LogP contribution >= 0.6 is 23.2 Å². The molecule has 2 atom stereocenters. The lowest BCUT2D eigenvalue weighted by Crippen LogP contribution is -2.55. The number of hydrogen-bond donors (Lipinski definition) is 1. The van der Waals surface area contributed by atoms with Gasteiger partial charge in [-0.1, -0.05) is 42.1 Å². The predicted molar refractivity (Wildman–Crippen MR) is 145 cm³/mol. The minimum atomic E-state index is -0.650. The highest BCUT2D eigenvalue weighted by Crippen LogP contribution is 2.40. The highest BCUT2D eigenvalue weighted by molar-refractivity contribution is 6.35. The number of amides is 1. The molecule has 37 heavy (non-hydrogen) atoms. The van der Waals surface area contributed by atoms with Gasteiger partial charge in [-0.05, 0) is 62.9 Å². The van der Waals surface area contributed by atoms with Crippen LogP contribution in [0.4, 0.5) is 0 Å². The van der Waals surface area contributed by atoms with Gasteiger partial charge in [0, 0.05) is 45.6 Å². The van der Waals surface area contributed by atoms with Crippen LogP contribution in [0.3, 0.4) is 0 Å². The molecule has 2 aliphatic rings. The lowest BCUT2D eigenvalue weighted by atomic mass is 9.71. The van der Waals surface area contributed by atoms with Gasteiger partial charge in [0.25, 0.3) is 0 Å². The molecule has 6 nitrogen and oxygen atoms in total. The van der Waals surface area contributed by atoms with Crippen molar-refractivity contribution in [3.05, 3.63) is 73.1 Å². The lowest BCUT2D eigenvalue weighted by molar-refractivity contribution is -0.142. The van der Waals surface area contributed by atoms with Gasteiger partial charge in [0.15, 0.2) is 0 Å². The maximum Gasteiger partial charge on any atom is 0.340 e. The molecule has 2 heterocycles. The molecule has 1 amide bonds. The van der Waals surface area contributed by atoms with Crippen molar-refractivity contribution in [3.8, 4) is 5.75 Å². The van der Waals surface area contributed by atoms with Gasteiger partial charge < -0.3 is 19.2 Å². The van der Waals surface area contributed by atoms with Crippen molar-refractivity contribution in [1.82, 2.24) is 4.90 Å². The van der Waals surface area contributed by atoms with E-state index in [9.17, 15) is 14.7 Å². The third-order valence-electron chi connectivity index (χ3n) is 8.16. The SMILES string of the molecule is Cc1c(CC(=O)N2CC[C@]3(O)CCCC[C@@H]3C2)c(=O)oc2c(C)c(OCc3ccc(Cl)cc3Cl)ccc12. The molecule has 2 aromatic carbocycles. The lowest BCUT2D eigenvalue weighted by Gasteiger charge is -2.47. The summed E-state index contributed by atoms with van der Waals surface area (Å²) in [6.45, 7) is 4.99. The summed E-state index contributed by atoms with van der Waals surface area (Å²) in [4.78, 5) is 28.0. The molecule has 1 N–H and O–H groups in total. The number of aryl methyl sites for hydroxylation is 2. The molecule has 196 valence electrons. The van der Waals surface area contributed by atoms with Crippen molar-refractivity contribution in [3.63, 3.8) is 0 Å². The second kappa shape index (κ2) is 10.3. The summed E-state index contributed by atoms with van der Waals surface area (Å²) in [5.41, 5.74) is 1.90. The van der Waals surface area contributed by atoms with Crippen LogP contribution in [-0.4, -0.2) is 34.6 Å². The fourth-order valence-corrected chi connectivity index (χ4v) is 6.25. The minimum Gasteiger partial charge on any atom is -0.488 e. The molecule has 5 rings (SSSR count). The molecule has 3 aromatic rings. The van der Waals surface area contributed by atoms with E-state index in [-0.39, 0.29) is 24.9 Å². The Hall–Kier alpha value is -2.54. The Kier molecular flexibility index (Phi) is 7.27. The highest BCUT2D eigenvalue weighted by Gasteiger charge is 2.43. The Bertz CT molecular complexity index is 1420. The smallest absolute Gasteiger partial charge is 0.340 e. The van der Waals surface area contributed by atoms with E-state index in [4.69, 9.17) is 32.4 Å². The molecule has 1 saturated carbocycles. The number of carbonyl (C=O) groups excluding carboxylic acids is 1. The molecule has 2 fully saturated rings. The van der Waals surface area contributed by atoms with Gasteiger partial charge in [-0.25, -0.2) is 4.79 Å². The van der Waals surface area contributed by atoms with Crippen LogP contribution in [0.15, 0.2) is 39.5 Å². The Morgan fingerprint density at radius 2 is 1.97 bits per heavy atom. The standard InChI is InChI=1S/C29H31Cl2NO5/c1-17-22-8-9-25(36-16-19-6-7-21(30)13-24(19)31)18(2)27(22)37-28(34)23(17)14-26(33)32-12-11-29(35)10-4-3-5-20(29)15-32/h6-9,13,20,35H,3-5,10-12,14-16H2,1-2H3/t20-,29-/m1/s1. The fourth-order valence-electron chi connectivity index (χ4n) is 5.79. The zero-order chi connectivity index (χ0) is 26.3. The second-order valence-corrected chi connectivity index (χ2v) is 11.2. The number of fused-ring (bicyclic) bond motifs is 2. The average molecular weight is 544 g/mol. The molecule has 0 unspecified atom stereocenters. The van der Waals surface area contributed by atoms with E-state index in [1.54, 1.807) is 17.0 Å². The molecular formula is C29H31Cl2NO5. The van der Waals surface area contributed by atoms with Crippen LogP contribution in [0.25, 0.3) is 11.0 Å². The minimum absolute atomic E-state index is 0.0123. The van der Waals surface area contributed by atoms with E-state index < -0.39 is 11.2 Å². The van der Waals surface area contributed by atoms with E-state index in [1.807, 2.05) is 32.0 Å². The predicted octanol–water partition coefficient (Wildman–Crippen LogP) is 5.99. The number of rotatable bonds is 5. The van der Waals surface area contributed by atoms with Crippen LogP contribution < -0.4 is 10.4 Å². The molecule has 0 radical (unpaired) electrons. The van der Waals surface area contributed by atoms with Gasteiger partial charge in [0.1, 0.15) is 17.9 Å². The largest absolute Gasteiger partial charge is 0.488 e. The first kappa shape index (κ1) is 26.1. The highest BCUT2D eigenvalue weighted by atomic mass is 35.5. The normalized spacial score (nSPS) is 21.6. The summed E-state index contributed by atoms with van der Waals surface area (Å²) >= 11 is 12.2. The molecule has 0 bridgehead atoms. The number of benzene rings is 2. The summed E-state index contributed by atoms with van der Waals surface area (Å²) in [7, 11) is 0. The fraction of sp³-hybridized carbons (Fsp3) is 0.448. The van der Waals surface area contributed by atoms with Crippen LogP contribution in [0.5, 0.6) is 5.75 Å². The Morgan fingerprint density at radius 1 is 1.16 bits per heavy atom. The number of nitrogens with zero attached hydrogens (tertiary/aromatic N) is 1. The summed E-state index contributed by atoms with van der Waals surface area (Å²) in [5.74, 6) is 0.592. The molecule has 1 aliphatic heterocycles. The zero-order valence-electron chi connectivity index (χ0n) is 21.1. The molecule has 1 saturated heterocycles. The number of carbonyl (C=O) groups is 1. The van der Waals surface area contributed by atoms with Crippen LogP contribution in [-0.2, 0) is 17.8 Å². The van der Waals surface area contributed by atoms with Crippen molar-refractivity contribution in [2.24, 2.45) is 5.92 Å². The quantitative estimate of drug-likeness (QED) is 0.399. The zero-order valence-corrected chi connectivity index (χ0v) is 22.6. The second-order valence-electron chi connectivity index (χ2n) is 10.4.